The van der Waals surface area contributed by atoms with Crippen LogP contribution in [0.3, 0.4) is 0 Å². The summed E-state index contributed by atoms with van der Waals surface area (Å²) in [6.45, 7) is 3.01. The molecule has 0 aliphatic carbocycles. The predicted molar refractivity (Wildman–Crippen MR) is 94.3 cm³/mol. The maximum Gasteiger partial charge on any atom is 0.0453 e. The quantitative estimate of drug-likeness (QED) is 0.605. The summed E-state index contributed by atoms with van der Waals surface area (Å²) in [5.41, 5.74) is 2.46. The zero-order valence-corrected chi connectivity index (χ0v) is 14.1. The van der Waals surface area contributed by atoms with Crippen molar-refractivity contribution in [2.75, 3.05) is 0 Å². The van der Waals surface area contributed by atoms with Crippen LogP contribution in [-0.4, -0.2) is 0 Å². The van der Waals surface area contributed by atoms with E-state index in [9.17, 15) is 0 Å². The van der Waals surface area contributed by atoms with Crippen LogP contribution >= 0.6 is 34.3 Å². The van der Waals surface area contributed by atoms with Gasteiger partial charge in [0.2, 0.25) is 0 Å². The van der Waals surface area contributed by atoms with Gasteiger partial charge in [-0.1, -0.05) is 35.9 Å². The van der Waals surface area contributed by atoms with E-state index in [1.165, 1.54) is 15.3 Å². The first-order valence-electron chi connectivity index (χ1n) is 6.83. The third kappa shape index (κ3) is 3.55. The van der Waals surface area contributed by atoms with Crippen molar-refractivity contribution in [1.29, 1.82) is 0 Å². The molecule has 4 heteroatoms. The first-order valence-corrected chi connectivity index (χ1v) is 8.97. The van der Waals surface area contributed by atoms with Crippen LogP contribution in [0.2, 0.25) is 5.02 Å². The van der Waals surface area contributed by atoms with Crippen molar-refractivity contribution in [3.05, 3.63) is 68.7 Å². The smallest absolute Gasteiger partial charge is 0.0453 e. The second kappa shape index (κ2) is 6.75. The molecule has 1 atom stereocenters. The van der Waals surface area contributed by atoms with E-state index in [1.807, 2.05) is 18.2 Å². The molecule has 0 saturated heterocycles. The molecule has 0 amide bonds. The van der Waals surface area contributed by atoms with Crippen molar-refractivity contribution in [3.63, 3.8) is 0 Å². The normalized spacial score (nSPS) is 12.5. The van der Waals surface area contributed by atoms with Crippen LogP contribution < -0.4 is 5.32 Å². The summed E-state index contributed by atoms with van der Waals surface area (Å²) < 4.78 is 0. The van der Waals surface area contributed by atoms with Gasteiger partial charge in [0.05, 0.1) is 0 Å². The van der Waals surface area contributed by atoms with Gasteiger partial charge in [0.25, 0.3) is 0 Å². The minimum absolute atomic E-state index is 0.242. The fraction of sp³-hybridized carbons (Fsp3) is 0.176. The zero-order chi connectivity index (χ0) is 14.7. The van der Waals surface area contributed by atoms with E-state index >= 15 is 0 Å². The highest BCUT2D eigenvalue weighted by atomic mass is 35.5. The van der Waals surface area contributed by atoms with Gasteiger partial charge in [-0.25, -0.2) is 0 Å². The van der Waals surface area contributed by atoms with Gasteiger partial charge in [0.1, 0.15) is 0 Å². The summed E-state index contributed by atoms with van der Waals surface area (Å²) in [6, 6.07) is 14.8. The Morgan fingerprint density at radius 3 is 2.76 bits per heavy atom. The Kier molecular flexibility index (Phi) is 4.76. The molecule has 3 aromatic rings. The van der Waals surface area contributed by atoms with Crippen molar-refractivity contribution < 1.29 is 0 Å². The second-order valence-electron chi connectivity index (χ2n) is 4.90. The highest BCUT2D eigenvalue weighted by Crippen LogP contribution is 2.29. The average molecular weight is 334 g/mol. The Hall–Kier alpha value is -1.13. The van der Waals surface area contributed by atoms with Gasteiger partial charge in [-0.3, -0.25) is 0 Å². The maximum atomic E-state index is 6.24. The van der Waals surface area contributed by atoms with Crippen LogP contribution in [0.1, 0.15) is 23.4 Å². The van der Waals surface area contributed by atoms with E-state index in [-0.39, 0.29) is 6.04 Å². The molecular weight excluding hydrogens is 318 g/mol. The lowest BCUT2D eigenvalue weighted by Gasteiger charge is -2.14. The van der Waals surface area contributed by atoms with E-state index in [0.29, 0.717) is 0 Å². The molecule has 1 N–H and O–H groups in total. The molecular formula is C17H16ClNS2. The molecule has 108 valence electrons. The van der Waals surface area contributed by atoms with Crippen LogP contribution in [0.4, 0.5) is 0 Å². The van der Waals surface area contributed by atoms with Crippen LogP contribution in [-0.2, 0) is 6.54 Å². The van der Waals surface area contributed by atoms with Gasteiger partial charge in [-0.05, 0) is 41.4 Å². The minimum atomic E-state index is 0.242. The van der Waals surface area contributed by atoms with Crippen molar-refractivity contribution in [2.24, 2.45) is 0 Å². The van der Waals surface area contributed by atoms with Crippen LogP contribution in [0.25, 0.3) is 10.4 Å². The molecule has 0 saturated carbocycles. The third-order valence-electron chi connectivity index (χ3n) is 3.41. The molecule has 0 aliphatic heterocycles. The fourth-order valence-electron chi connectivity index (χ4n) is 2.24. The summed E-state index contributed by atoms with van der Waals surface area (Å²) >= 11 is 9.82. The zero-order valence-electron chi connectivity index (χ0n) is 11.7. The standard InChI is InChI=1S/C17H16ClNS2/c1-12(15-5-2-3-6-16(15)18)19-10-14-9-13(11-21-14)17-7-4-8-20-17/h2-9,11-12,19H,10H2,1H3. The topological polar surface area (TPSA) is 12.0 Å². The molecule has 0 bridgehead atoms. The van der Waals surface area contributed by atoms with E-state index in [2.05, 4.69) is 47.3 Å². The molecule has 2 aromatic heterocycles. The van der Waals surface area contributed by atoms with E-state index in [0.717, 1.165) is 17.1 Å². The molecule has 1 nitrogen and oxygen atoms in total. The number of rotatable bonds is 5. The lowest BCUT2D eigenvalue weighted by molar-refractivity contribution is 0.579. The predicted octanol–water partition coefficient (Wildman–Crippen LogP) is 5.98. The van der Waals surface area contributed by atoms with Gasteiger partial charge in [-0.2, -0.15) is 0 Å². The van der Waals surface area contributed by atoms with Crippen LogP contribution in [0, 0.1) is 0 Å². The van der Waals surface area contributed by atoms with Crippen molar-refractivity contribution in [2.45, 2.75) is 19.5 Å². The van der Waals surface area contributed by atoms with Crippen LogP contribution in [0.15, 0.2) is 53.2 Å². The highest BCUT2D eigenvalue weighted by Gasteiger charge is 2.09. The average Bonchev–Trinajstić information content (AvgIpc) is 3.16. The van der Waals surface area contributed by atoms with E-state index in [4.69, 9.17) is 11.6 Å². The van der Waals surface area contributed by atoms with Gasteiger partial charge in [0.15, 0.2) is 0 Å². The summed E-state index contributed by atoms with van der Waals surface area (Å²) in [7, 11) is 0. The summed E-state index contributed by atoms with van der Waals surface area (Å²) in [5, 5.41) is 8.71. The SMILES string of the molecule is CC(NCc1cc(-c2cccs2)cs1)c1ccccc1Cl. The number of nitrogens with one attached hydrogen (secondary N) is 1. The first-order chi connectivity index (χ1) is 10.2. The maximum absolute atomic E-state index is 6.24. The lowest BCUT2D eigenvalue weighted by atomic mass is 10.1. The van der Waals surface area contributed by atoms with Crippen molar-refractivity contribution in [3.8, 4) is 10.4 Å². The van der Waals surface area contributed by atoms with Gasteiger partial charge in [0, 0.05) is 32.9 Å². The highest BCUT2D eigenvalue weighted by molar-refractivity contribution is 7.14. The number of hydrogen-bond acceptors (Lipinski definition) is 3. The Bertz CT molecular complexity index is 703. The molecule has 1 unspecified atom stereocenters. The summed E-state index contributed by atoms with van der Waals surface area (Å²) in [4.78, 5) is 2.67. The summed E-state index contributed by atoms with van der Waals surface area (Å²) in [6.07, 6.45) is 0. The second-order valence-corrected chi connectivity index (χ2v) is 7.25. The first kappa shape index (κ1) is 14.8. The summed E-state index contributed by atoms with van der Waals surface area (Å²) in [5.74, 6) is 0. The van der Waals surface area contributed by atoms with Crippen molar-refractivity contribution >= 4 is 34.3 Å². The van der Waals surface area contributed by atoms with Crippen LogP contribution in [0.5, 0.6) is 0 Å². The monoisotopic (exact) mass is 333 g/mol. The Morgan fingerprint density at radius 2 is 2.00 bits per heavy atom. The van der Waals surface area contributed by atoms with E-state index in [1.54, 1.807) is 22.7 Å². The van der Waals surface area contributed by atoms with Gasteiger partial charge >= 0.3 is 0 Å². The molecule has 0 radical (unpaired) electrons. The van der Waals surface area contributed by atoms with Crippen molar-refractivity contribution in [1.82, 2.24) is 5.32 Å². The van der Waals surface area contributed by atoms with E-state index < -0.39 is 0 Å². The molecule has 21 heavy (non-hydrogen) atoms. The van der Waals surface area contributed by atoms with Gasteiger partial charge < -0.3 is 5.32 Å². The number of thiophene rings is 2. The Morgan fingerprint density at radius 1 is 1.14 bits per heavy atom. The molecule has 0 spiro atoms. The largest absolute Gasteiger partial charge is 0.305 e. The lowest BCUT2D eigenvalue weighted by Crippen LogP contribution is -2.17. The number of hydrogen-bond donors (Lipinski definition) is 1. The number of benzene rings is 1. The minimum Gasteiger partial charge on any atom is -0.305 e. The third-order valence-corrected chi connectivity index (χ3v) is 5.61. The Labute approximate surface area is 138 Å². The Balaban J connectivity index is 1.64. The van der Waals surface area contributed by atoms with Gasteiger partial charge in [-0.15, -0.1) is 22.7 Å². The molecule has 2 heterocycles. The number of halogens is 1. The molecule has 0 fully saturated rings. The molecule has 1 aromatic carbocycles. The molecule has 0 aliphatic rings. The fourth-order valence-corrected chi connectivity index (χ4v) is 4.16. The molecule has 3 rings (SSSR count).